The number of guanidine groups is 1. The molecule has 0 fully saturated rings. The first-order chi connectivity index (χ1) is 15.4. The lowest BCUT2D eigenvalue weighted by molar-refractivity contribution is -0.137. The van der Waals surface area contributed by atoms with Gasteiger partial charge in [0, 0.05) is 31.7 Å². The highest BCUT2D eigenvalue weighted by Gasteiger charge is 2.30. The minimum absolute atomic E-state index is 0. The lowest BCUT2D eigenvalue weighted by Crippen LogP contribution is -2.38. The number of imidazole rings is 1. The van der Waals surface area contributed by atoms with Gasteiger partial charge in [-0.3, -0.25) is 4.57 Å². The van der Waals surface area contributed by atoms with Crippen molar-refractivity contribution in [2.45, 2.75) is 38.9 Å². The molecule has 178 valence electrons. The second-order valence-electron chi connectivity index (χ2n) is 7.43. The summed E-state index contributed by atoms with van der Waals surface area (Å²) >= 11 is 0. The molecule has 0 aliphatic heterocycles. The van der Waals surface area contributed by atoms with Gasteiger partial charge in [-0.25, -0.2) is 15.0 Å². The van der Waals surface area contributed by atoms with Crippen LogP contribution < -0.4 is 10.6 Å². The molecular formula is C23H28F3IN6. The Hall–Kier alpha value is -2.63. The van der Waals surface area contributed by atoms with E-state index >= 15 is 0 Å². The van der Waals surface area contributed by atoms with Crippen molar-refractivity contribution in [3.63, 3.8) is 0 Å². The van der Waals surface area contributed by atoms with Gasteiger partial charge in [0.2, 0.25) is 0 Å². The van der Waals surface area contributed by atoms with Crippen molar-refractivity contribution in [2.75, 3.05) is 13.1 Å². The number of alkyl halides is 3. The summed E-state index contributed by atoms with van der Waals surface area (Å²) in [7, 11) is 0. The van der Waals surface area contributed by atoms with Gasteiger partial charge in [-0.05, 0) is 48.6 Å². The highest BCUT2D eigenvalue weighted by atomic mass is 127. The Morgan fingerprint density at radius 3 is 2.67 bits per heavy atom. The average molecular weight is 572 g/mol. The molecule has 2 aromatic heterocycles. The molecule has 33 heavy (non-hydrogen) atoms. The number of aromatic nitrogens is 3. The van der Waals surface area contributed by atoms with Crippen LogP contribution in [0, 0.1) is 0 Å². The topological polar surface area (TPSA) is 67.1 Å². The molecule has 0 aliphatic rings. The number of nitrogens with one attached hydrogen (secondary N) is 2. The number of pyridine rings is 1. The number of rotatable bonds is 8. The lowest BCUT2D eigenvalue weighted by Gasteiger charge is -2.16. The Labute approximate surface area is 208 Å². The van der Waals surface area contributed by atoms with Crippen LogP contribution in [0.15, 0.2) is 66.3 Å². The first-order valence-corrected chi connectivity index (χ1v) is 10.5. The monoisotopic (exact) mass is 572 g/mol. The van der Waals surface area contributed by atoms with Crippen LogP contribution in [-0.4, -0.2) is 33.6 Å². The maximum Gasteiger partial charge on any atom is 0.416 e. The molecule has 1 atom stereocenters. The van der Waals surface area contributed by atoms with Crippen LogP contribution in [0.1, 0.15) is 42.9 Å². The van der Waals surface area contributed by atoms with Crippen molar-refractivity contribution >= 4 is 29.9 Å². The minimum Gasteiger partial charge on any atom is -0.357 e. The van der Waals surface area contributed by atoms with E-state index in [1.807, 2.05) is 36.7 Å². The van der Waals surface area contributed by atoms with E-state index in [1.54, 1.807) is 24.8 Å². The fraction of sp³-hybridized carbons (Fsp3) is 0.348. The SMILES string of the molecule is CCNC(=NCc1ccnc(-n2ccnc2)c1)NCCC(C)c1cccc(C(F)(F)F)c1.I. The molecule has 0 spiro atoms. The van der Waals surface area contributed by atoms with E-state index < -0.39 is 11.7 Å². The lowest BCUT2D eigenvalue weighted by atomic mass is 9.96. The Kier molecular flexibility index (Phi) is 10.1. The molecule has 10 heteroatoms. The summed E-state index contributed by atoms with van der Waals surface area (Å²) < 4.78 is 40.7. The van der Waals surface area contributed by atoms with Crippen molar-refractivity contribution in [3.8, 4) is 5.82 Å². The van der Waals surface area contributed by atoms with Crippen LogP contribution in [0.3, 0.4) is 0 Å². The maximum absolute atomic E-state index is 13.0. The van der Waals surface area contributed by atoms with Crippen LogP contribution in [-0.2, 0) is 12.7 Å². The van der Waals surface area contributed by atoms with E-state index in [1.165, 1.54) is 12.1 Å². The van der Waals surface area contributed by atoms with Gasteiger partial charge in [-0.1, -0.05) is 25.1 Å². The summed E-state index contributed by atoms with van der Waals surface area (Å²) in [6.07, 6.45) is 3.28. The molecule has 6 nitrogen and oxygen atoms in total. The van der Waals surface area contributed by atoms with Crippen molar-refractivity contribution in [1.82, 2.24) is 25.2 Å². The smallest absolute Gasteiger partial charge is 0.357 e. The van der Waals surface area contributed by atoms with Gasteiger partial charge in [0.15, 0.2) is 5.96 Å². The maximum atomic E-state index is 13.0. The zero-order valence-corrected chi connectivity index (χ0v) is 20.8. The molecule has 1 unspecified atom stereocenters. The summed E-state index contributed by atoms with van der Waals surface area (Å²) in [5.74, 6) is 1.40. The third-order valence-corrected chi connectivity index (χ3v) is 5.00. The molecule has 0 amide bonds. The minimum atomic E-state index is -4.33. The highest BCUT2D eigenvalue weighted by molar-refractivity contribution is 14.0. The third kappa shape index (κ3) is 8.02. The zero-order chi connectivity index (χ0) is 23.0. The van der Waals surface area contributed by atoms with Gasteiger partial charge in [-0.2, -0.15) is 13.2 Å². The van der Waals surface area contributed by atoms with Crippen molar-refractivity contribution in [1.29, 1.82) is 0 Å². The van der Waals surface area contributed by atoms with E-state index in [0.717, 1.165) is 17.4 Å². The quantitative estimate of drug-likeness (QED) is 0.223. The summed E-state index contributed by atoms with van der Waals surface area (Å²) in [6.45, 7) is 5.65. The molecule has 3 rings (SSSR count). The number of hydrogen-bond acceptors (Lipinski definition) is 3. The standard InChI is InChI=1S/C23H27F3N6.HI/c1-3-28-22(31-15-18-8-10-29-21(13-18)32-12-11-27-16-32)30-9-7-17(2)19-5-4-6-20(14-19)23(24,25)26;/h4-6,8,10-14,16-17H,3,7,9,15H2,1-2H3,(H2,28,30,31);1H. The highest BCUT2D eigenvalue weighted by Crippen LogP contribution is 2.31. The molecule has 3 aromatic rings. The molecule has 0 bridgehead atoms. The van der Waals surface area contributed by atoms with Gasteiger partial charge in [0.25, 0.3) is 0 Å². The summed E-state index contributed by atoms with van der Waals surface area (Å²) in [5.41, 5.74) is 1.06. The van der Waals surface area contributed by atoms with Crippen LogP contribution in [0.2, 0.25) is 0 Å². The van der Waals surface area contributed by atoms with E-state index in [4.69, 9.17) is 0 Å². The Morgan fingerprint density at radius 2 is 1.97 bits per heavy atom. The molecular weight excluding hydrogens is 544 g/mol. The van der Waals surface area contributed by atoms with Crippen molar-refractivity contribution < 1.29 is 13.2 Å². The van der Waals surface area contributed by atoms with Crippen molar-refractivity contribution in [2.24, 2.45) is 4.99 Å². The summed E-state index contributed by atoms with van der Waals surface area (Å²) in [5, 5.41) is 6.46. The Balaban J connectivity index is 0.00000385. The first-order valence-electron chi connectivity index (χ1n) is 10.5. The largest absolute Gasteiger partial charge is 0.416 e. The Morgan fingerprint density at radius 1 is 1.15 bits per heavy atom. The zero-order valence-electron chi connectivity index (χ0n) is 18.5. The molecule has 0 saturated carbocycles. The predicted octanol–water partition coefficient (Wildman–Crippen LogP) is 5.15. The van der Waals surface area contributed by atoms with Crippen LogP contribution in [0.5, 0.6) is 0 Å². The number of hydrogen-bond donors (Lipinski definition) is 2. The Bertz CT molecular complexity index is 1020. The van der Waals surface area contributed by atoms with E-state index in [0.29, 0.717) is 37.6 Å². The number of benzene rings is 1. The summed E-state index contributed by atoms with van der Waals surface area (Å²) in [6, 6.07) is 9.38. The number of aliphatic imine (C=N–C) groups is 1. The van der Waals surface area contributed by atoms with Crippen LogP contribution >= 0.6 is 24.0 Å². The van der Waals surface area contributed by atoms with Crippen LogP contribution in [0.25, 0.3) is 5.82 Å². The molecule has 0 aliphatic carbocycles. The fourth-order valence-electron chi connectivity index (χ4n) is 3.20. The first kappa shape index (κ1) is 26.6. The normalized spacial score (nSPS) is 12.7. The van der Waals surface area contributed by atoms with Gasteiger partial charge in [0.1, 0.15) is 12.1 Å². The van der Waals surface area contributed by atoms with Gasteiger partial charge in [0.05, 0.1) is 12.1 Å². The third-order valence-electron chi connectivity index (χ3n) is 5.00. The molecule has 1 aromatic carbocycles. The van der Waals surface area contributed by atoms with E-state index in [2.05, 4.69) is 25.6 Å². The predicted molar refractivity (Wildman–Crippen MR) is 134 cm³/mol. The fourth-order valence-corrected chi connectivity index (χ4v) is 3.20. The number of nitrogens with zero attached hydrogens (tertiary/aromatic N) is 4. The molecule has 2 N–H and O–H groups in total. The molecule has 0 saturated heterocycles. The second kappa shape index (κ2) is 12.6. The molecule has 0 radical (unpaired) electrons. The van der Waals surface area contributed by atoms with E-state index in [-0.39, 0.29) is 29.9 Å². The van der Waals surface area contributed by atoms with Crippen molar-refractivity contribution in [3.05, 3.63) is 78.0 Å². The number of halogens is 4. The second-order valence-corrected chi connectivity index (χ2v) is 7.43. The average Bonchev–Trinajstić information content (AvgIpc) is 3.32. The van der Waals surface area contributed by atoms with Crippen LogP contribution in [0.4, 0.5) is 13.2 Å². The molecule has 2 heterocycles. The van der Waals surface area contributed by atoms with Gasteiger partial charge >= 0.3 is 6.18 Å². The van der Waals surface area contributed by atoms with Gasteiger partial charge in [-0.15, -0.1) is 24.0 Å². The van der Waals surface area contributed by atoms with E-state index in [9.17, 15) is 13.2 Å². The summed E-state index contributed by atoms with van der Waals surface area (Å²) in [4.78, 5) is 13.0. The van der Waals surface area contributed by atoms with Gasteiger partial charge < -0.3 is 10.6 Å².